The zero-order valence-corrected chi connectivity index (χ0v) is 17.5. The van der Waals surface area contributed by atoms with Gasteiger partial charge in [-0.25, -0.2) is 4.98 Å². The molecule has 1 aliphatic heterocycles. The molecule has 1 saturated heterocycles. The zero-order chi connectivity index (χ0) is 19.8. The van der Waals surface area contributed by atoms with Gasteiger partial charge in [0.25, 0.3) is 0 Å². The molecule has 0 radical (unpaired) electrons. The normalized spacial score (nSPS) is 30.6. The van der Waals surface area contributed by atoms with Gasteiger partial charge in [-0.15, -0.1) is 0 Å². The number of piperidine rings is 1. The first-order valence-electron chi connectivity index (χ1n) is 11.3. The van der Waals surface area contributed by atoms with Gasteiger partial charge in [-0.3, -0.25) is 4.90 Å². The first-order chi connectivity index (χ1) is 14.1. The Balaban J connectivity index is 1.34. The van der Waals surface area contributed by atoms with E-state index in [-0.39, 0.29) is 11.8 Å². The van der Waals surface area contributed by atoms with Crippen LogP contribution in [0.2, 0.25) is 0 Å². The summed E-state index contributed by atoms with van der Waals surface area (Å²) in [5.41, 5.74) is 0.479. The summed E-state index contributed by atoms with van der Waals surface area (Å²) < 4.78 is 8.37. The fraction of sp³-hybridized carbons (Fsp3) is 0.625. The van der Waals surface area contributed by atoms with Crippen LogP contribution in [-0.2, 0) is 19.2 Å². The number of benzene rings is 1. The molecule has 2 aromatic rings. The van der Waals surface area contributed by atoms with E-state index in [0.29, 0.717) is 6.10 Å². The Bertz CT molecular complexity index is 828. The summed E-state index contributed by atoms with van der Waals surface area (Å²) in [6, 6.07) is 8.53. The molecule has 5 nitrogen and oxygen atoms in total. The van der Waals surface area contributed by atoms with Crippen LogP contribution in [0.25, 0.3) is 0 Å². The average molecular weight is 396 g/mol. The molecule has 2 bridgehead atoms. The van der Waals surface area contributed by atoms with Gasteiger partial charge in [0.15, 0.2) is 0 Å². The van der Waals surface area contributed by atoms with Crippen LogP contribution in [0, 0.1) is 11.8 Å². The summed E-state index contributed by atoms with van der Waals surface area (Å²) in [6.45, 7) is 2.72. The molecule has 2 saturated carbocycles. The third kappa shape index (κ3) is 3.49. The molecule has 2 aliphatic carbocycles. The van der Waals surface area contributed by atoms with E-state index in [2.05, 4.69) is 34.1 Å². The van der Waals surface area contributed by atoms with Crippen molar-refractivity contribution < 1.29 is 9.84 Å². The van der Waals surface area contributed by atoms with Crippen molar-refractivity contribution in [2.24, 2.45) is 18.9 Å². The summed E-state index contributed by atoms with van der Waals surface area (Å²) in [5.74, 6) is 2.37. The minimum atomic E-state index is -0.799. The van der Waals surface area contributed by atoms with Crippen molar-refractivity contribution in [1.29, 1.82) is 0 Å². The summed E-state index contributed by atoms with van der Waals surface area (Å²) >= 11 is 0. The number of nitrogens with zero attached hydrogens (tertiary/aromatic N) is 3. The van der Waals surface area contributed by atoms with E-state index in [0.717, 1.165) is 44.0 Å². The van der Waals surface area contributed by atoms with Crippen molar-refractivity contribution in [3.63, 3.8) is 0 Å². The highest BCUT2D eigenvalue weighted by molar-refractivity contribution is 5.33. The Morgan fingerprint density at radius 1 is 1.07 bits per heavy atom. The Morgan fingerprint density at radius 2 is 1.79 bits per heavy atom. The number of likely N-dealkylation sites (tertiary alicyclic amines) is 1. The van der Waals surface area contributed by atoms with Gasteiger partial charge >= 0.3 is 0 Å². The molecule has 5 heteroatoms. The number of hydrogen-bond acceptors (Lipinski definition) is 4. The van der Waals surface area contributed by atoms with E-state index in [9.17, 15) is 5.11 Å². The van der Waals surface area contributed by atoms with Crippen LogP contribution in [0.4, 0.5) is 0 Å². The Kier molecular flexibility index (Phi) is 5.12. The molecule has 2 heterocycles. The van der Waals surface area contributed by atoms with E-state index in [4.69, 9.17) is 4.74 Å². The van der Waals surface area contributed by atoms with E-state index < -0.39 is 5.60 Å². The molecule has 29 heavy (non-hydrogen) atoms. The van der Waals surface area contributed by atoms with Gasteiger partial charge in [0.1, 0.15) is 17.2 Å². The smallest absolute Gasteiger partial charge is 0.141 e. The lowest BCUT2D eigenvalue weighted by Crippen LogP contribution is -2.58. The summed E-state index contributed by atoms with van der Waals surface area (Å²) in [6.07, 6.45) is 12.4. The molecule has 0 spiro atoms. The SMILES string of the molecule is Cn1ccnc1C1(O)C2CCCC1CN(Cc1ccccc1OC1CCCC1)C2. The van der Waals surface area contributed by atoms with Crippen molar-refractivity contribution in [2.75, 3.05) is 13.1 Å². The van der Waals surface area contributed by atoms with Gasteiger partial charge in [0.05, 0.1) is 6.10 Å². The maximum atomic E-state index is 11.8. The van der Waals surface area contributed by atoms with E-state index >= 15 is 0 Å². The highest BCUT2D eigenvalue weighted by atomic mass is 16.5. The van der Waals surface area contributed by atoms with E-state index in [1.165, 1.54) is 37.7 Å². The van der Waals surface area contributed by atoms with Crippen LogP contribution in [-0.4, -0.2) is 38.8 Å². The predicted octanol–water partition coefficient (Wildman–Crippen LogP) is 3.86. The molecule has 3 aliphatic rings. The number of hydrogen-bond donors (Lipinski definition) is 1. The maximum absolute atomic E-state index is 11.8. The van der Waals surface area contributed by atoms with Crippen LogP contribution in [0.1, 0.15) is 56.3 Å². The Morgan fingerprint density at radius 3 is 2.48 bits per heavy atom. The number of rotatable bonds is 5. The molecule has 2 atom stereocenters. The number of fused-ring (bicyclic) bond motifs is 2. The Hall–Kier alpha value is -1.85. The molecule has 1 aromatic carbocycles. The standard InChI is InChI=1S/C24H33N3O2/c1-26-14-13-25-23(26)24(28)19-8-6-9-20(24)17-27(16-19)15-18-7-2-5-12-22(18)29-21-10-3-4-11-21/h2,5,7,12-14,19-21,28H,3-4,6,8-11,15-17H2,1H3. The van der Waals surface area contributed by atoms with Crippen molar-refractivity contribution >= 4 is 0 Å². The number of para-hydroxylation sites is 1. The molecular formula is C24H33N3O2. The monoisotopic (exact) mass is 395 g/mol. The second-order valence-corrected chi connectivity index (χ2v) is 9.34. The fourth-order valence-corrected chi connectivity index (χ4v) is 5.96. The lowest BCUT2D eigenvalue weighted by molar-refractivity contribution is -0.155. The quantitative estimate of drug-likeness (QED) is 0.835. The number of imidazole rings is 1. The van der Waals surface area contributed by atoms with Crippen molar-refractivity contribution in [2.45, 2.75) is 63.2 Å². The molecule has 5 rings (SSSR count). The lowest BCUT2D eigenvalue weighted by Gasteiger charge is -2.52. The largest absolute Gasteiger partial charge is 0.490 e. The van der Waals surface area contributed by atoms with Gasteiger partial charge in [0.2, 0.25) is 0 Å². The van der Waals surface area contributed by atoms with Crippen LogP contribution in [0.3, 0.4) is 0 Å². The van der Waals surface area contributed by atoms with Crippen LogP contribution in [0.5, 0.6) is 5.75 Å². The van der Waals surface area contributed by atoms with Crippen molar-refractivity contribution in [3.8, 4) is 5.75 Å². The molecule has 3 fully saturated rings. The third-order valence-corrected chi connectivity index (χ3v) is 7.45. The minimum absolute atomic E-state index is 0.235. The first-order valence-corrected chi connectivity index (χ1v) is 11.3. The minimum Gasteiger partial charge on any atom is -0.490 e. The molecular weight excluding hydrogens is 362 g/mol. The zero-order valence-electron chi connectivity index (χ0n) is 17.5. The van der Waals surface area contributed by atoms with Crippen molar-refractivity contribution in [1.82, 2.24) is 14.5 Å². The summed E-state index contributed by atoms with van der Waals surface area (Å²) in [5, 5.41) is 11.8. The lowest BCUT2D eigenvalue weighted by atomic mass is 9.65. The first kappa shape index (κ1) is 19.1. The van der Waals surface area contributed by atoms with Gasteiger partial charge in [0, 0.05) is 56.5 Å². The molecule has 2 unspecified atom stereocenters. The van der Waals surface area contributed by atoms with Gasteiger partial charge in [-0.1, -0.05) is 24.6 Å². The number of aromatic nitrogens is 2. The average Bonchev–Trinajstić information content (AvgIpc) is 3.36. The summed E-state index contributed by atoms with van der Waals surface area (Å²) in [7, 11) is 2.00. The highest BCUT2D eigenvalue weighted by Gasteiger charge is 2.53. The second kappa shape index (κ2) is 7.77. The Labute approximate surface area is 173 Å². The third-order valence-electron chi connectivity index (χ3n) is 7.45. The van der Waals surface area contributed by atoms with Crippen LogP contribution < -0.4 is 4.74 Å². The van der Waals surface area contributed by atoms with Gasteiger partial charge in [-0.05, 0) is 44.6 Å². The maximum Gasteiger partial charge on any atom is 0.141 e. The predicted molar refractivity (Wildman–Crippen MR) is 113 cm³/mol. The number of ether oxygens (including phenoxy) is 1. The van der Waals surface area contributed by atoms with Gasteiger partial charge in [-0.2, -0.15) is 0 Å². The molecule has 156 valence electrons. The molecule has 1 aromatic heterocycles. The summed E-state index contributed by atoms with van der Waals surface area (Å²) in [4.78, 5) is 7.08. The number of aryl methyl sites for hydroxylation is 1. The molecule has 1 N–H and O–H groups in total. The van der Waals surface area contributed by atoms with E-state index in [1.54, 1.807) is 0 Å². The fourth-order valence-electron chi connectivity index (χ4n) is 5.96. The van der Waals surface area contributed by atoms with Crippen LogP contribution in [0.15, 0.2) is 36.7 Å². The number of aliphatic hydroxyl groups is 1. The van der Waals surface area contributed by atoms with E-state index in [1.807, 2.05) is 24.0 Å². The second-order valence-electron chi connectivity index (χ2n) is 9.34. The molecule has 0 amide bonds. The highest BCUT2D eigenvalue weighted by Crippen LogP contribution is 2.48. The van der Waals surface area contributed by atoms with Crippen molar-refractivity contribution in [3.05, 3.63) is 48.0 Å². The van der Waals surface area contributed by atoms with Gasteiger partial charge < -0.3 is 14.4 Å². The topological polar surface area (TPSA) is 50.5 Å². The van der Waals surface area contributed by atoms with Crippen LogP contribution >= 0.6 is 0 Å².